The van der Waals surface area contributed by atoms with E-state index in [4.69, 9.17) is 0 Å². The summed E-state index contributed by atoms with van der Waals surface area (Å²) in [4.78, 5) is 2.55. The van der Waals surface area contributed by atoms with Gasteiger partial charge in [0.05, 0.1) is 6.61 Å². The van der Waals surface area contributed by atoms with Crippen LogP contribution in [0.1, 0.15) is 72.1 Å². The van der Waals surface area contributed by atoms with Crippen LogP contribution in [0.25, 0.3) is 0 Å². The molecule has 1 saturated carbocycles. The standard InChI is InChI=1S/C17H36N2O/c1-5-17(14-20,18-15(2)3)12-9-13-19(4)16-10-7-6-8-11-16/h15-16,18,20H,5-14H2,1-4H3. The van der Waals surface area contributed by atoms with Crippen molar-refractivity contribution in [2.24, 2.45) is 0 Å². The predicted octanol–water partition coefficient (Wildman–Crippen LogP) is 3.17. The topological polar surface area (TPSA) is 35.5 Å². The molecule has 0 aromatic carbocycles. The van der Waals surface area contributed by atoms with Crippen molar-refractivity contribution in [2.45, 2.75) is 89.8 Å². The van der Waals surface area contributed by atoms with Gasteiger partial charge in [0.15, 0.2) is 0 Å². The van der Waals surface area contributed by atoms with E-state index in [1.807, 2.05) is 0 Å². The maximum Gasteiger partial charge on any atom is 0.0613 e. The number of rotatable bonds is 9. The molecular formula is C17H36N2O. The zero-order valence-electron chi connectivity index (χ0n) is 14.1. The molecule has 0 amide bonds. The van der Waals surface area contributed by atoms with Crippen LogP contribution < -0.4 is 5.32 Å². The molecule has 0 heterocycles. The van der Waals surface area contributed by atoms with E-state index < -0.39 is 0 Å². The molecule has 1 rings (SSSR count). The second kappa shape index (κ2) is 9.01. The highest BCUT2D eigenvalue weighted by molar-refractivity contribution is 4.88. The van der Waals surface area contributed by atoms with E-state index in [0.717, 1.165) is 25.4 Å². The van der Waals surface area contributed by atoms with Gasteiger partial charge in [0.1, 0.15) is 0 Å². The second-order valence-corrected chi connectivity index (χ2v) is 6.97. The molecule has 1 unspecified atom stereocenters. The smallest absolute Gasteiger partial charge is 0.0613 e. The van der Waals surface area contributed by atoms with Crippen molar-refractivity contribution in [3.63, 3.8) is 0 Å². The summed E-state index contributed by atoms with van der Waals surface area (Å²) in [6.45, 7) is 7.90. The highest BCUT2D eigenvalue weighted by atomic mass is 16.3. The van der Waals surface area contributed by atoms with Crippen LogP contribution in [-0.4, -0.2) is 47.8 Å². The molecule has 1 aliphatic rings. The summed E-state index contributed by atoms with van der Waals surface area (Å²) in [5.74, 6) is 0. The molecule has 0 bridgehead atoms. The fourth-order valence-electron chi connectivity index (χ4n) is 3.57. The van der Waals surface area contributed by atoms with Crippen LogP contribution in [0.5, 0.6) is 0 Å². The Morgan fingerprint density at radius 1 is 1.25 bits per heavy atom. The van der Waals surface area contributed by atoms with Gasteiger partial charge in [-0.3, -0.25) is 0 Å². The number of nitrogens with zero attached hydrogens (tertiary/aromatic N) is 1. The molecule has 1 fully saturated rings. The van der Waals surface area contributed by atoms with Gasteiger partial charge in [-0.25, -0.2) is 0 Å². The van der Waals surface area contributed by atoms with Crippen LogP contribution in [0, 0.1) is 0 Å². The first-order valence-corrected chi connectivity index (χ1v) is 8.62. The van der Waals surface area contributed by atoms with Crippen molar-refractivity contribution >= 4 is 0 Å². The first-order chi connectivity index (χ1) is 9.53. The molecule has 3 nitrogen and oxygen atoms in total. The second-order valence-electron chi connectivity index (χ2n) is 6.97. The van der Waals surface area contributed by atoms with Crippen molar-refractivity contribution < 1.29 is 5.11 Å². The molecule has 0 spiro atoms. The monoisotopic (exact) mass is 284 g/mol. The predicted molar refractivity (Wildman–Crippen MR) is 87.1 cm³/mol. The molecule has 0 aliphatic heterocycles. The van der Waals surface area contributed by atoms with Gasteiger partial charge in [-0.1, -0.05) is 40.0 Å². The van der Waals surface area contributed by atoms with Crippen LogP contribution >= 0.6 is 0 Å². The van der Waals surface area contributed by atoms with Crippen molar-refractivity contribution in [1.82, 2.24) is 10.2 Å². The number of aliphatic hydroxyl groups is 1. The molecule has 3 heteroatoms. The molecule has 0 aromatic heterocycles. The molecule has 2 N–H and O–H groups in total. The lowest BCUT2D eigenvalue weighted by Crippen LogP contribution is -2.51. The molecule has 0 radical (unpaired) electrons. The Hall–Kier alpha value is -0.120. The highest BCUT2D eigenvalue weighted by Crippen LogP contribution is 2.23. The van der Waals surface area contributed by atoms with Gasteiger partial charge < -0.3 is 15.3 Å². The minimum atomic E-state index is -0.0818. The minimum absolute atomic E-state index is 0.0818. The molecule has 0 aromatic rings. The van der Waals surface area contributed by atoms with Gasteiger partial charge in [-0.05, 0) is 45.7 Å². The van der Waals surface area contributed by atoms with E-state index in [0.29, 0.717) is 6.04 Å². The quantitative estimate of drug-likeness (QED) is 0.682. The van der Waals surface area contributed by atoms with E-state index in [2.05, 4.69) is 38.0 Å². The largest absolute Gasteiger partial charge is 0.394 e. The molecule has 1 atom stereocenters. The lowest BCUT2D eigenvalue weighted by molar-refractivity contribution is 0.124. The third kappa shape index (κ3) is 5.71. The Morgan fingerprint density at radius 3 is 2.40 bits per heavy atom. The summed E-state index contributed by atoms with van der Waals surface area (Å²) in [5, 5.41) is 13.3. The number of nitrogens with one attached hydrogen (secondary N) is 1. The highest BCUT2D eigenvalue weighted by Gasteiger charge is 2.27. The number of hydrogen-bond donors (Lipinski definition) is 2. The summed E-state index contributed by atoms with van der Waals surface area (Å²) in [7, 11) is 2.28. The van der Waals surface area contributed by atoms with Gasteiger partial charge in [-0.2, -0.15) is 0 Å². The van der Waals surface area contributed by atoms with Crippen LogP contribution in [-0.2, 0) is 0 Å². The zero-order chi connectivity index (χ0) is 15.0. The maximum absolute atomic E-state index is 9.76. The van der Waals surface area contributed by atoms with Crippen molar-refractivity contribution in [3.05, 3.63) is 0 Å². The molecule has 20 heavy (non-hydrogen) atoms. The van der Waals surface area contributed by atoms with Gasteiger partial charge in [0.2, 0.25) is 0 Å². The number of aliphatic hydroxyl groups excluding tert-OH is 1. The average Bonchev–Trinajstić information content (AvgIpc) is 2.46. The summed E-state index contributed by atoms with van der Waals surface area (Å²) < 4.78 is 0. The Balaban J connectivity index is 2.35. The summed E-state index contributed by atoms with van der Waals surface area (Å²) in [6, 6.07) is 1.23. The van der Waals surface area contributed by atoms with E-state index in [-0.39, 0.29) is 12.1 Å². The lowest BCUT2D eigenvalue weighted by atomic mass is 9.89. The van der Waals surface area contributed by atoms with Crippen molar-refractivity contribution in [2.75, 3.05) is 20.2 Å². The summed E-state index contributed by atoms with van der Waals surface area (Å²) in [5.41, 5.74) is -0.0818. The summed E-state index contributed by atoms with van der Waals surface area (Å²) >= 11 is 0. The van der Waals surface area contributed by atoms with Gasteiger partial charge >= 0.3 is 0 Å². The average molecular weight is 284 g/mol. The molecule has 0 saturated heterocycles. The maximum atomic E-state index is 9.76. The van der Waals surface area contributed by atoms with Crippen LogP contribution in [0.2, 0.25) is 0 Å². The fourth-order valence-corrected chi connectivity index (χ4v) is 3.57. The van der Waals surface area contributed by atoms with Gasteiger partial charge in [-0.15, -0.1) is 0 Å². The molecular weight excluding hydrogens is 248 g/mol. The van der Waals surface area contributed by atoms with Crippen molar-refractivity contribution in [1.29, 1.82) is 0 Å². The first-order valence-electron chi connectivity index (χ1n) is 8.62. The molecule has 120 valence electrons. The summed E-state index contributed by atoms with van der Waals surface area (Å²) in [6.07, 6.45) is 10.2. The number of hydrogen-bond acceptors (Lipinski definition) is 3. The van der Waals surface area contributed by atoms with E-state index in [1.165, 1.54) is 38.5 Å². The third-order valence-electron chi connectivity index (χ3n) is 4.94. The third-order valence-corrected chi connectivity index (χ3v) is 4.94. The van der Waals surface area contributed by atoms with Crippen molar-refractivity contribution in [3.8, 4) is 0 Å². The normalized spacial score (nSPS) is 20.6. The van der Waals surface area contributed by atoms with E-state index in [9.17, 15) is 5.11 Å². The van der Waals surface area contributed by atoms with E-state index >= 15 is 0 Å². The Morgan fingerprint density at radius 2 is 1.90 bits per heavy atom. The SMILES string of the molecule is CCC(CO)(CCCN(C)C1CCCCC1)NC(C)C. The molecule has 1 aliphatic carbocycles. The van der Waals surface area contributed by atoms with Crippen LogP contribution in [0.3, 0.4) is 0 Å². The zero-order valence-corrected chi connectivity index (χ0v) is 14.1. The van der Waals surface area contributed by atoms with Crippen LogP contribution in [0.4, 0.5) is 0 Å². The Bertz CT molecular complexity index is 245. The minimum Gasteiger partial charge on any atom is -0.394 e. The lowest BCUT2D eigenvalue weighted by Gasteiger charge is -2.36. The Kier molecular flexibility index (Phi) is 8.08. The Labute approximate surface area is 126 Å². The first kappa shape index (κ1) is 17.9. The fraction of sp³-hybridized carbons (Fsp3) is 1.00. The van der Waals surface area contributed by atoms with Crippen LogP contribution in [0.15, 0.2) is 0 Å². The van der Waals surface area contributed by atoms with E-state index in [1.54, 1.807) is 0 Å². The van der Waals surface area contributed by atoms with Gasteiger partial charge in [0, 0.05) is 17.6 Å². The van der Waals surface area contributed by atoms with Gasteiger partial charge in [0.25, 0.3) is 0 Å².